The van der Waals surface area contributed by atoms with E-state index in [1.165, 1.54) is 26.2 Å². The van der Waals surface area contributed by atoms with Crippen molar-refractivity contribution in [2.24, 2.45) is 5.10 Å². The second-order valence-corrected chi connectivity index (χ2v) is 7.45. The Labute approximate surface area is 191 Å². The van der Waals surface area contributed by atoms with Gasteiger partial charge in [-0.2, -0.15) is 18.3 Å². The van der Waals surface area contributed by atoms with E-state index in [0.29, 0.717) is 5.56 Å². The molecule has 0 unspecified atom stereocenters. The van der Waals surface area contributed by atoms with E-state index in [2.05, 4.69) is 10.5 Å². The number of thiophene rings is 1. The molecule has 1 N–H and O–H groups in total. The number of anilines is 1. The Balaban J connectivity index is 1.98. The van der Waals surface area contributed by atoms with E-state index in [-0.39, 0.29) is 34.2 Å². The van der Waals surface area contributed by atoms with Crippen LogP contribution in [0.2, 0.25) is 0 Å². The van der Waals surface area contributed by atoms with E-state index < -0.39 is 44.6 Å². The van der Waals surface area contributed by atoms with Crippen LogP contribution in [0.3, 0.4) is 0 Å². The number of hydrogen-bond acceptors (Lipinski definition) is 10. The van der Waals surface area contributed by atoms with Gasteiger partial charge in [0.2, 0.25) is 5.69 Å². The largest absolute Gasteiger partial charge is 0.465 e. The number of methoxy groups -OCH3 is 1. The number of nitro benzene ring substituents is 2. The number of alkyl halides is 3. The van der Waals surface area contributed by atoms with Crippen LogP contribution in [0.1, 0.15) is 27.9 Å². The minimum atomic E-state index is -5.04. The zero-order valence-corrected chi connectivity index (χ0v) is 18.0. The molecule has 15 heteroatoms. The maximum Gasteiger partial charge on any atom is 0.416 e. The number of nitro groups is 2. The van der Waals surface area contributed by atoms with Gasteiger partial charge in [0.1, 0.15) is 16.3 Å². The van der Waals surface area contributed by atoms with Crippen molar-refractivity contribution in [3.05, 3.63) is 72.1 Å². The molecule has 0 atom stereocenters. The predicted molar refractivity (Wildman–Crippen MR) is 114 cm³/mol. The summed E-state index contributed by atoms with van der Waals surface area (Å²) in [5.74, 6) is -0.170. The number of hydrogen-bond donors (Lipinski definition) is 1. The van der Waals surface area contributed by atoms with Crippen LogP contribution in [0.5, 0.6) is 0 Å². The first kappa shape index (κ1) is 24.4. The average molecular weight is 498 g/mol. The molecular formula is C19H13F3N4O7S. The highest BCUT2D eigenvalue weighted by Crippen LogP contribution is 2.41. The highest BCUT2D eigenvalue weighted by molar-refractivity contribution is 7.12. The second kappa shape index (κ2) is 9.30. The smallest absolute Gasteiger partial charge is 0.416 e. The van der Waals surface area contributed by atoms with Crippen LogP contribution in [0.4, 0.5) is 30.2 Å². The Hall–Kier alpha value is -4.27. The van der Waals surface area contributed by atoms with Gasteiger partial charge in [-0.3, -0.25) is 25.7 Å². The maximum atomic E-state index is 13.0. The molecule has 0 aliphatic heterocycles. The minimum Gasteiger partial charge on any atom is -0.465 e. The third-order valence-corrected chi connectivity index (χ3v) is 5.31. The van der Waals surface area contributed by atoms with Crippen LogP contribution < -0.4 is 5.43 Å². The fourth-order valence-corrected chi connectivity index (χ4v) is 3.62. The lowest BCUT2D eigenvalue weighted by Gasteiger charge is -2.09. The molecule has 0 saturated carbocycles. The molecule has 0 radical (unpaired) electrons. The molecule has 178 valence electrons. The molecule has 0 spiro atoms. The quantitative estimate of drug-likeness (QED) is 0.195. The van der Waals surface area contributed by atoms with E-state index in [9.17, 15) is 38.2 Å². The van der Waals surface area contributed by atoms with Crippen molar-refractivity contribution >= 4 is 40.1 Å². The van der Waals surface area contributed by atoms with Crippen molar-refractivity contribution < 1.29 is 37.0 Å². The van der Waals surface area contributed by atoms with Crippen molar-refractivity contribution in [3.8, 4) is 11.3 Å². The Morgan fingerprint density at radius 2 is 1.76 bits per heavy atom. The van der Waals surface area contributed by atoms with Crippen molar-refractivity contribution in [2.45, 2.75) is 13.1 Å². The van der Waals surface area contributed by atoms with Gasteiger partial charge in [0.15, 0.2) is 5.76 Å². The molecule has 0 amide bonds. The Kier molecular flexibility index (Phi) is 6.67. The summed E-state index contributed by atoms with van der Waals surface area (Å²) in [5, 5.41) is 28.1. The molecule has 0 bridgehead atoms. The van der Waals surface area contributed by atoms with Crippen molar-refractivity contribution in [2.75, 3.05) is 12.5 Å². The molecule has 0 fully saturated rings. The number of nitrogens with one attached hydrogen (secondary N) is 1. The van der Waals surface area contributed by atoms with E-state index in [0.717, 1.165) is 11.3 Å². The number of carbonyl (C=O) groups is 1. The van der Waals surface area contributed by atoms with Gasteiger partial charge in [0, 0.05) is 17.7 Å². The number of benzene rings is 1. The molecule has 0 aliphatic rings. The molecule has 34 heavy (non-hydrogen) atoms. The first-order valence-electron chi connectivity index (χ1n) is 9.04. The summed E-state index contributed by atoms with van der Waals surface area (Å²) in [6.07, 6.45) is -5.04. The Morgan fingerprint density at radius 3 is 2.29 bits per heavy atom. The summed E-state index contributed by atoms with van der Waals surface area (Å²) < 4.78 is 49.4. The minimum absolute atomic E-state index is 0.0598. The number of rotatable bonds is 7. The number of carbonyl (C=O) groups excluding carboxylic acids is 1. The fraction of sp³-hybridized carbons (Fsp3) is 0.158. The van der Waals surface area contributed by atoms with Gasteiger partial charge in [0.25, 0.3) is 0 Å². The second-order valence-electron chi connectivity index (χ2n) is 6.53. The van der Waals surface area contributed by atoms with Gasteiger partial charge in [-0.05, 0) is 30.5 Å². The average Bonchev–Trinajstić information content (AvgIpc) is 3.44. The number of nitrogens with zero attached hydrogens (tertiary/aromatic N) is 3. The van der Waals surface area contributed by atoms with Crippen LogP contribution in [0, 0.1) is 20.2 Å². The topological polar surface area (TPSA) is 150 Å². The summed E-state index contributed by atoms with van der Waals surface area (Å²) in [4.78, 5) is 32.4. The molecule has 1 aromatic carbocycles. The lowest BCUT2D eigenvalue weighted by Crippen LogP contribution is -2.10. The Morgan fingerprint density at radius 1 is 1.15 bits per heavy atom. The van der Waals surface area contributed by atoms with Gasteiger partial charge in [-0.15, -0.1) is 11.3 Å². The first-order chi connectivity index (χ1) is 15.9. The Bertz CT molecular complexity index is 1280. The summed E-state index contributed by atoms with van der Waals surface area (Å²) in [6, 6.07) is 4.96. The number of furan rings is 1. The first-order valence-corrected chi connectivity index (χ1v) is 9.92. The molecule has 0 aliphatic carbocycles. The van der Waals surface area contributed by atoms with Crippen LogP contribution in [0.15, 0.2) is 45.2 Å². The summed E-state index contributed by atoms with van der Waals surface area (Å²) >= 11 is 1.13. The van der Waals surface area contributed by atoms with E-state index in [1.54, 1.807) is 11.4 Å². The molecule has 3 aromatic rings. The summed E-state index contributed by atoms with van der Waals surface area (Å²) in [5.41, 5.74) is -2.14. The zero-order chi connectivity index (χ0) is 25.2. The summed E-state index contributed by atoms with van der Waals surface area (Å²) in [6.45, 7) is 1.40. The van der Waals surface area contributed by atoms with Crippen LogP contribution in [-0.4, -0.2) is 28.6 Å². The van der Waals surface area contributed by atoms with E-state index >= 15 is 0 Å². The highest BCUT2D eigenvalue weighted by atomic mass is 32.1. The monoisotopic (exact) mass is 498 g/mol. The van der Waals surface area contributed by atoms with Gasteiger partial charge in [0.05, 0.1) is 22.5 Å². The molecule has 2 aromatic heterocycles. The molecule has 2 heterocycles. The SMILES string of the molecule is COC(=O)c1sccc1-c1ccc(C(C)=NNc2c([N+](=O)[O-])cc(C(F)(F)F)cc2[N+](=O)[O-])o1. The van der Waals surface area contributed by atoms with Gasteiger partial charge < -0.3 is 9.15 Å². The molecule has 11 nitrogen and oxygen atoms in total. The highest BCUT2D eigenvalue weighted by Gasteiger charge is 2.37. The van der Waals surface area contributed by atoms with E-state index in [4.69, 9.17) is 9.15 Å². The molecule has 3 rings (SSSR count). The van der Waals surface area contributed by atoms with Crippen LogP contribution >= 0.6 is 11.3 Å². The standard InChI is InChI=1S/C19H13F3N4O7S/c1-9(14-3-4-15(33-14)11-5-6-34-17(11)18(27)32-2)23-24-16-12(25(28)29)7-10(19(20,21)22)8-13(16)26(30)31/h3-8,24H,1-2H3. The van der Waals surface area contributed by atoms with Gasteiger partial charge >= 0.3 is 23.5 Å². The zero-order valence-electron chi connectivity index (χ0n) is 17.2. The number of hydrazone groups is 1. The van der Waals surface area contributed by atoms with Crippen LogP contribution in [-0.2, 0) is 10.9 Å². The third kappa shape index (κ3) is 4.88. The summed E-state index contributed by atoms with van der Waals surface area (Å²) in [7, 11) is 1.22. The van der Waals surface area contributed by atoms with Crippen molar-refractivity contribution in [1.82, 2.24) is 0 Å². The lowest BCUT2D eigenvalue weighted by molar-refractivity contribution is -0.392. The fourth-order valence-electron chi connectivity index (χ4n) is 2.80. The predicted octanol–water partition coefficient (Wildman–Crippen LogP) is 5.47. The van der Waals surface area contributed by atoms with Crippen molar-refractivity contribution in [1.29, 1.82) is 0 Å². The van der Waals surface area contributed by atoms with E-state index in [1.807, 2.05) is 0 Å². The van der Waals surface area contributed by atoms with Crippen LogP contribution in [0.25, 0.3) is 11.3 Å². The molecular weight excluding hydrogens is 485 g/mol. The number of esters is 1. The van der Waals surface area contributed by atoms with Gasteiger partial charge in [-0.25, -0.2) is 4.79 Å². The van der Waals surface area contributed by atoms with Crippen molar-refractivity contribution in [3.63, 3.8) is 0 Å². The number of ether oxygens (including phenoxy) is 1. The maximum absolute atomic E-state index is 13.0. The van der Waals surface area contributed by atoms with Gasteiger partial charge in [-0.1, -0.05) is 0 Å². The number of halogens is 3. The third-order valence-electron chi connectivity index (χ3n) is 4.42. The molecule has 0 saturated heterocycles. The lowest BCUT2D eigenvalue weighted by atomic mass is 10.1. The normalized spacial score (nSPS) is 11.9.